The number of oxazole rings is 1. The van der Waals surface area contributed by atoms with Gasteiger partial charge < -0.3 is 13.8 Å². The summed E-state index contributed by atoms with van der Waals surface area (Å²) in [5.74, 6) is 2.33. The lowest BCUT2D eigenvalue weighted by Gasteiger charge is -2.34. The molecule has 7 heteroatoms. The SMILES string of the molecule is Cc1cc(CN2CCN(C(=O)CCc3nc(-c4ccccc4)c(-c4ccccc4)o3)CC2)on1. The van der Waals surface area contributed by atoms with Crippen LogP contribution < -0.4 is 0 Å². The Bertz CT molecular complexity index is 1170. The summed E-state index contributed by atoms with van der Waals surface area (Å²) in [6, 6.07) is 22.0. The van der Waals surface area contributed by atoms with Gasteiger partial charge in [-0.3, -0.25) is 9.69 Å². The molecule has 0 aliphatic carbocycles. The van der Waals surface area contributed by atoms with Crippen LogP contribution >= 0.6 is 0 Å². The zero-order valence-corrected chi connectivity index (χ0v) is 19.3. The van der Waals surface area contributed by atoms with Crippen molar-refractivity contribution in [2.45, 2.75) is 26.3 Å². The van der Waals surface area contributed by atoms with Gasteiger partial charge in [0.15, 0.2) is 17.4 Å². The second-order valence-electron chi connectivity index (χ2n) is 8.61. The van der Waals surface area contributed by atoms with Gasteiger partial charge in [0.05, 0.1) is 12.2 Å². The predicted octanol–water partition coefficient (Wildman–Crippen LogP) is 4.58. The molecule has 1 amide bonds. The number of nitrogens with zero attached hydrogens (tertiary/aromatic N) is 4. The van der Waals surface area contributed by atoms with Gasteiger partial charge in [-0.05, 0) is 6.92 Å². The van der Waals surface area contributed by atoms with Crippen LogP contribution in [-0.4, -0.2) is 52.0 Å². The summed E-state index contributed by atoms with van der Waals surface area (Å²) in [6.07, 6.45) is 0.854. The molecule has 5 rings (SSSR count). The van der Waals surface area contributed by atoms with Gasteiger partial charge in [-0.15, -0.1) is 0 Å². The Balaban J connectivity index is 1.21. The van der Waals surface area contributed by atoms with Crippen molar-refractivity contribution in [2.24, 2.45) is 0 Å². The van der Waals surface area contributed by atoms with Crippen LogP contribution in [0.3, 0.4) is 0 Å². The van der Waals surface area contributed by atoms with E-state index in [-0.39, 0.29) is 5.91 Å². The highest BCUT2D eigenvalue weighted by Gasteiger charge is 2.23. The third-order valence-corrected chi connectivity index (χ3v) is 6.09. The summed E-state index contributed by atoms with van der Waals surface area (Å²) in [4.78, 5) is 21.9. The number of hydrogen-bond donors (Lipinski definition) is 0. The molecule has 1 saturated heterocycles. The van der Waals surface area contributed by atoms with E-state index in [9.17, 15) is 4.79 Å². The van der Waals surface area contributed by atoms with E-state index in [2.05, 4.69) is 10.1 Å². The van der Waals surface area contributed by atoms with Gasteiger partial charge in [0.2, 0.25) is 5.91 Å². The molecule has 1 aliphatic heterocycles. The van der Waals surface area contributed by atoms with Gasteiger partial charge in [-0.2, -0.15) is 0 Å². The van der Waals surface area contributed by atoms with Crippen molar-refractivity contribution in [3.8, 4) is 22.6 Å². The number of rotatable bonds is 7. The summed E-state index contributed by atoms with van der Waals surface area (Å²) in [7, 11) is 0. The Kier molecular flexibility index (Phi) is 6.53. The van der Waals surface area contributed by atoms with E-state index in [1.165, 1.54) is 0 Å². The van der Waals surface area contributed by atoms with Crippen LogP contribution in [0.25, 0.3) is 22.6 Å². The number of carbonyl (C=O) groups is 1. The predicted molar refractivity (Wildman–Crippen MR) is 129 cm³/mol. The number of piperazine rings is 1. The topological polar surface area (TPSA) is 75.6 Å². The Morgan fingerprint density at radius 3 is 2.26 bits per heavy atom. The molecule has 0 N–H and O–H groups in total. The molecule has 4 aromatic rings. The summed E-state index contributed by atoms with van der Waals surface area (Å²) in [5, 5.41) is 3.94. The lowest BCUT2D eigenvalue weighted by molar-refractivity contribution is -0.133. The van der Waals surface area contributed by atoms with E-state index in [0.29, 0.717) is 31.8 Å². The molecule has 1 aliphatic rings. The molecule has 174 valence electrons. The third-order valence-electron chi connectivity index (χ3n) is 6.09. The van der Waals surface area contributed by atoms with Gasteiger partial charge in [-0.1, -0.05) is 65.8 Å². The molecular weight excluding hydrogens is 428 g/mol. The Morgan fingerprint density at radius 2 is 1.62 bits per heavy atom. The quantitative estimate of drug-likeness (QED) is 0.405. The first kappa shape index (κ1) is 22.1. The maximum Gasteiger partial charge on any atom is 0.223 e. The minimum absolute atomic E-state index is 0.135. The average molecular weight is 457 g/mol. The zero-order chi connectivity index (χ0) is 23.3. The number of aromatic nitrogens is 2. The van der Waals surface area contributed by atoms with Crippen LogP contribution in [0.1, 0.15) is 23.8 Å². The van der Waals surface area contributed by atoms with Crippen molar-refractivity contribution in [2.75, 3.05) is 26.2 Å². The Hall–Kier alpha value is -3.71. The normalized spacial score (nSPS) is 14.4. The molecule has 2 aromatic carbocycles. The van der Waals surface area contributed by atoms with Gasteiger partial charge in [0, 0.05) is 56.2 Å². The maximum atomic E-state index is 12.9. The van der Waals surface area contributed by atoms with Crippen molar-refractivity contribution in [1.29, 1.82) is 0 Å². The van der Waals surface area contributed by atoms with Crippen LogP contribution in [0.4, 0.5) is 0 Å². The monoisotopic (exact) mass is 456 g/mol. The second kappa shape index (κ2) is 10.1. The van der Waals surface area contributed by atoms with Crippen LogP contribution in [-0.2, 0) is 17.8 Å². The fourth-order valence-corrected chi connectivity index (χ4v) is 4.29. The first-order chi connectivity index (χ1) is 16.7. The fourth-order valence-electron chi connectivity index (χ4n) is 4.29. The van der Waals surface area contributed by atoms with Crippen molar-refractivity contribution in [3.05, 3.63) is 84.1 Å². The van der Waals surface area contributed by atoms with E-state index in [1.54, 1.807) is 0 Å². The van der Waals surface area contributed by atoms with Crippen LogP contribution in [0, 0.1) is 6.92 Å². The van der Waals surface area contributed by atoms with Crippen molar-refractivity contribution in [3.63, 3.8) is 0 Å². The van der Waals surface area contributed by atoms with Crippen LogP contribution in [0.5, 0.6) is 0 Å². The molecule has 34 heavy (non-hydrogen) atoms. The number of hydrogen-bond acceptors (Lipinski definition) is 6. The lowest BCUT2D eigenvalue weighted by atomic mass is 10.1. The Labute approximate surface area is 199 Å². The minimum atomic E-state index is 0.135. The highest BCUT2D eigenvalue weighted by atomic mass is 16.5. The van der Waals surface area contributed by atoms with E-state index in [1.807, 2.05) is 78.6 Å². The van der Waals surface area contributed by atoms with Gasteiger partial charge in [0.25, 0.3) is 0 Å². The van der Waals surface area contributed by atoms with Crippen LogP contribution in [0.15, 0.2) is 75.7 Å². The fraction of sp³-hybridized carbons (Fsp3) is 0.296. The summed E-state index contributed by atoms with van der Waals surface area (Å²) >= 11 is 0. The molecule has 7 nitrogen and oxygen atoms in total. The first-order valence-corrected chi connectivity index (χ1v) is 11.7. The maximum absolute atomic E-state index is 12.9. The number of carbonyl (C=O) groups excluding carboxylic acids is 1. The molecule has 0 saturated carbocycles. The molecule has 3 heterocycles. The summed E-state index contributed by atoms with van der Waals surface area (Å²) in [5.41, 5.74) is 3.68. The van der Waals surface area contributed by atoms with Crippen molar-refractivity contribution in [1.82, 2.24) is 19.9 Å². The van der Waals surface area contributed by atoms with E-state index >= 15 is 0 Å². The average Bonchev–Trinajstić information content (AvgIpc) is 3.50. The van der Waals surface area contributed by atoms with Crippen molar-refractivity contribution < 1.29 is 13.7 Å². The molecule has 0 atom stereocenters. The van der Waals surface area contributed by atoms with E-state index < -0.39 is 0 Å². The third kappa shape index (κ3) is 5.10. The second-order valence-corrected chi connectivity index (χ2v) is 8.61. The standard InChI is InChI=1S/C27H28N4O3/c1-20-18-23(34-29-20)19-30-14-16-31(17-15-30)25(32)13-12-24-28-26(21-8-4-2-5-9-21)27(33-24)22-10-6-3-7-11-22/h2-11,18H,12-17,19H2,1H3. The number of benzene rings is 2. The first-order valence-electron chi connectivity index (χ1n) is 11.7. The Morgan fingerprint density at radius 1 is 0.941 bits per heavy atom. The molecular formula is C27H28N4O3. The lowest BCUT2D eigenvalue weighted by Crippen LogP contribution is -2.48. The van der Waals surface area contributed by atoms with Crippen molar-refractivity contribution >= 4 is 5.91 Å². The molecule has 1 fully saturated rings. The summed E-state index contributed by atoms with van der Waals surface area (Å²) in [6.45, 7) is 5.71. The largest absolute Gasteiger partial charge is 0.440 e. The van der Waals surface area contributed by atoms with Gasteiger partial charge >= 0.3 is 0 Å². The smallest absolute Gasteiger partial charge is 0.223 e. The number of amides is 1. The minimum Gasteiger partial charge on any atom is -0.440 e. The molecule has 0 unspecified atom stereocenters. The molecule has 0 bridgehead atoms. The van der Waals surface area contributed by atoms with Gasteiger partial charge in [0.1, 0.15) is 5.69 Å². The van der Waals surface area contributed by atoms with Crippen LogP contribution in [0.2, 0.25) is 0 Å². The van der Waals surface area contributed by atoms with Gasteiger partial charge in [-0.25, -0.2) is 4.98 Å². The number of aryl methyl sites for hydroxylation is 2. The molecule has 2 aromatic heterocycles. The summed E-state index contributed by atoms with van der Waals surface area (Å²) < 4.78 is 11.5. The highest BCUT2D eigenvalue weighted by molar-refractivity contribution is 5.78. The van der Waals surface area contributed by atoms with E-state index in [4.69, 9.17) is 13.9 Å². The zero-order valence-electron chi connectivity index (χ0n) is 19.3. The van der Waals surface area contributed by atoms with E-state index in [0.717, 1.165) is 53.7 Å². The molecule has 0 radical (unpaired) electrons. The highest BCUT2D eigenvalue weighted by Crippen LogP contribution is 2.32. The molecule has 0 spiro atoms.